The molecule has 2 amide bonds. The Morgan fingerprint density at radius 1 is 1.20 bits per heavy atom. The van der Waals surface area contributed by atoms with E-state index in [2.05, 4.69) is 20.6 Å². The zero-order valence-corrected chi connectivity index (χ0v) is 10.6. The molecular formula is C13H11FN4O2. The Kier molecular flexibility index (Phi) is 3.99. The summed E-state index contributed by atoms with van der Waals surface area (Å²) in [4.78, 5) is 30.5. The highest BCUT2D eigenvalue weighted by atomic mass is 19.1. The summed E-state index contributed by atoms with van der Waals surface area (Å²) in [6, 6.07) is 3.73. The average molecular weight is 274 g/mol. The lowest BCUT2D eigenvalue weighted by molar-refractivity contribution is -0.114. The molecule has 1 aromatic carbocycles. The Morgan fingerprint density at radius 2 is 2.00 bits per heavy atom. The van der Waals surface area contributed by atoms with Crippen LogP contribution in [0.15, 0.2) is 36.8 Å². The van der Waals surface area contributed by atoms with Gasteiger partial charge in [0.25, 0.3) is 5.91 Å². The second-order valence-electron chi connectivity index (χ2n) is 3.92. The van der Waals surface area contributed by atoms with Crippen molar-refractivity contribution in [3.05, 3.63) is 48.2 Å². The van der Waals surface area contributed by atoms with Crippen molar-refractivity contribution >= 4 is 23.3 Å². The van der Waals surface area contributed by atoms with Crippen molar-refractivity contribution in [2.75, 3.05) is 10.6 Å². The van der Waals surface area contributed by atoms with E-state index >= 15 is 0 Å². The van der Waals surface area contributed by atoms with Crippen molar-refractivity contribution in [2.24, 2.45) is 0 Å². The fourth-order valence-electron chi connectivity index (χ4n) is 1.53. The lowest BCUT2D eigenvalue weighted by atomic mass is 10.1. The van der Waals surface area contributed by atoms with E-state index in [4.69, 9.17) is 0 Å². The van der Waals surface area contributed by atoms with Crippen LogP contribution in [0, 0.1) is 5.82 Å². The predicted molar refractivity (Wildman–Crippen MR) is 70.7 cm³/mol. The second-order valence-corrected chi connectivity index (χ2v) is 3.92. The standard InChI is InChI=1S/C13H11FN4O2/c1-8(19)17-9-2-3-11(14)10(6-9)13(20)18-12-7-15-4-5-16-12/h2-7H,1H3,(H,17,19)(H,16,18,20). The monoisotopic (exact) mass is 274 g/mol. The molecule has 0 aliphatic carbocycles. The minimum atomic E-state index is -0.694. The van der Waals surface area contributed by atoms with Crippen molar-refractivity contribution in [2.45, 2.75) is 6.92 Å². The maximum absolute atomic E-state index is 13.7. The summed E-state index contributed by atoms with van der Waals surface area (Å²) in [7, 11) is 0. The highest BCUT2D eigenvalue weighted by molar-refractivity contribution is 6.05. The molecule has 7 heteroatoms. The molecule has 0 aliphatic rings. The van der Waals surface area contributed by atoms with Gasteiger partial charge in [0.05, 0.1) is 11.8 Å². The van der Waals surface area contributed by atoms with Gasteiger partial charge in [0, 0.05) is 25.0 Å². The third kappa shape index (κ3) is 3.35. The summed E-state index contributed by atoms with van der Waals surface area (Å²) in [6.07, 6.45) is 4.20. The molecule has 6 nitrogen and oxygen atoms in total. The first kappa shape index (κ1) is 13.6. The first-order valence-corrected chi connectivity index (χ1v) is 5.71. The third-order valence-corrected chi connectivity index (χ3v) is 2.34. The maximum atomic E-state index is 13.7. The average Bonchev–Trinajstić information content (AvgIpc) is 2.41. The van der Waals surface area contributed by atoms with E-state index in [0.717, 1.165) is 6.07 Å². The van der Waals surface area contributed by atoms with Crippen LogP contribution >= 0.6 is 0 Å². The summed E-state index contributed by atoms with van der Waals surface area (Å²) in [6.45, 7) is 1.32. The summed E-state index contributed by atoms with van der Waals surface area (Å²) in [5, 5.41) is 4.89. The third-order valence-electron chi connectivity index (χ3n) is 2.34. The molecule has 1 aromatic heterocycles. The highest BCUT2D eigenvalue weighted by Gasteiger charge is 2.13. The lowest BCUT2D eigenvalue weighted by Gasteiger charge is -2.07. The molecule has 20 heavy (non-hydrogen) atoms. The Bertz CT molecular complexity index is 646. The SMILES string of the molecule is CC(=O)Nc1ccc(F)c(C(=O)Nc2cnccn2)c1. The molecule has 0 saturated heterocycles. The van der Waals surface area contributed by atoms with E-state index in [1.165, 1.54) is 37.6 Å². The van der Waals surface area contributed by atoms with E-state index in [9.17, 15) is 14.0 Å². The Hall–Kier alpha value is -2.83. The van der Waals surface area contributed by atoms with Crippen molar-refractivity contribution in [3.63, 3.8) is 0 Å². The zero-order chi connectivity index (χ0) is 14.5. The maximum Gasteiger partial charge on any atom is 0.259 e. The van der Waals surface area contributed by atoms with Crippen LogP contribution < -0.4 is 10.6 Å². The number of benzene rings is 1. The topological polar surface area (TPSA) is 84.0 Å². The number of carbonyl (C=O) groups is 2. The predicted octanol–water partition coefficient (Wildman–Crippen LogP) is 1.83. The molecule has 0 spiro atoms. The Labute approximate surface area is 114 Å². The molecule has 2 rings (SSSR count). The number of rotatable bonds is 3. The number of hydrogen-bond acceptors (Lipinski definition) is 4. The number of halogens is 1. The molecule has 0 unspecified atom stereocenters. The molecule has 0 fully saturated rings. The van der Waals surface area contributed by atoms with Crippen LogP contribution in [0.2, 0.25) is 0 Å². The van der Waals surface area contributed by atoms with Crippen molar-refractivity contribution in [1.82, 2.24) is 9.97 Å². The van der Waals surface area contributed by atoms with Crippen LogP contribution in [0.4, 0.5) is 15.9 Å². The summed E-state index contributed by atoms with van der Waals surface area (Å²) in [5.74, 6) is -1.46. The molecule has 102 valence electrons. The fraction of sp³-hybridized carbons (Fsp3) is 0.0769. The van der Waals surface area contributed by atoms with Crippen LogP contribution in [-0.4, -0.2) is 21.8 Å². The van der Waals surface area contributed by atoms with Crippen LogP contribution in [0.25, 0.3) is 0 Å². The van der Waals surface area contributed by atoms with Gasteiger partial charge >= 0.3 is 0 Å². The first-order valence-electron chi connectivity index (χ1n) is 5.71. The van der Waals surface area contributed by atoms with Crippen LogP contribution in [0.3, 0.4) is 0 Å². The number of amides is 2. The van der Waals surface area contributed by atoms with Gasteiger partial charge in [0.2, 0.25) is 5.91 Å². The van der Waals surface area contributed by atoms with E-state index in [0.29, 0.717) is 5.69 Å². The van der Waals surface area contributed by atoms with Crippen molar-refractivity contribution in [3.8, 4) is 0 Å². The van der Waals surface area contributed by atoms with Gasteiger partial charge in [-0.05, 0) is 18.2 Å². The number of aromatic nitrogens is 2. The second kappa shape index (κ2) is 5.87. The van der Waals surface area contributed by atoms with E-state index in [1.807, 2.05) is 0 Å². The number of nitrogens with zero attached hydrogens (tertiary/aromatic N) is 2. The van der Waals surface area contributed by atoms with Gasteiger partial charge in [-0.3, -0.25) is 14.6 Å². The molecule has 0 aliphatic heterocycles. The minimum Gasteiger partial charge on any atom is -0.326 e. The molecular weight excluding hydrogens is 263 g/mol. The van der Waals surface area contributed by atoms with Gasteiger partial charge in [-0.25, -0.2) is 9.37 Å². The van der Waals surface area contributed by atoms with Crippen molar-refractivity contribution in [1.29, 1.82) is 0 Å². The zero-order valence-electron chi connectivity index (χ0n) is 10.6. The van der Waals surface area contributed by atoms with Crippen LogP contribution in [0.5, 0.6) is 0 Å². The van der Waals surface area contributed by atoms with Crippen molar-refractivity contribution < 1.29 is 14.0 Å². The number of anilines is 2. The fourth-order valence-corrected chi connectivity index (χ4v) is 1.53. The van der Waals surface area contributed by atoms with Crippen LogP contribution in [-0.2, 0) is 4.79 Å². The Morgan fingerprint density at radius 3 is 2.65 bits per heavy atom. The van der Waals surface area contributed by atoms with Gasteiger partial charge in [0.15, 0.2) is 5.82 Å². The van der Waals surface area contributed by atoms with Gasteiger partial charge in [-0.2, -0.15) is 0 Å². The number of hydrogen-bond donors (Lipinski definition) is 2. The largest absolute Gasteiger partial charge is 0.326 e. The minimum absolute atomic E-state index is 0.193. The van der Waals surface area contributed by atoms with E-state index in [1.54, 1.807) is 0 Å². The van der Waals surface area contributed by atoms with Crippen LogP contribution in [0.1, 0.15) is 17.3 Å². The quantitative estimate of drug-likeness (QED) is 0.894. The normalized spacial score (nSPS) is 9.90. The Balaban J connectivity index is 2.22. The molecule has 2 aromatic rings. The number of carbonyl (C=O) groups excluding carboxylic acids is 2. The molecule has 0 saturated carbocycles. The summed E-state index contributed by atoms with van der Waals surface area (Å²) in [5.41, 5.74) is 0.144. The molecule has 0 atom stereocenters. The van der Waals surface area contributed by atoms with E-state index in [-0.39, 0.29) is 17.3 Å². The highest BCUT2D eigenvalue weighted by Crippen LogP contribution is 2.16. The first-order chi connectivity index (χ1) is 9.56. The molecule has 0 radical (unpaired) electrons. The molecule has 0 bridgehead atoms. The number of nitrogens with one attached hydrogen (secondary N) is 2. The molecule has 2 N–H and O–H groups in total. The van der Waals surface area contributed by atoms with Gasteiger partial charge in [0.1, 0.15) is 5.82 Å². The molecule has 1 heterocycles. The van der Waals surface area contributed by atoms with Gasteiger partial charge < -0.3 is 10.6 Å². The van der Waals surface area contributed by atoms with Gasteiger partial charge in [-0.15, -0.1) is 0 Å². The summed E-state index contributed by atoms with van der Waals surface area (Å²) < 4.78 is 13.7. The van der Waals surface area contributed by atoms with E-state index < -0.39 is 11.7 Å². The lowest BCUT2D eigenvalue weighted by Crippen LogP contribution is -2.15. The summed E-state index contributed by atoms with van der Waals surface area (Å²) >= 11 is 0. The van der Waals surface area contributed by atoms with Gasteiger partial charge in [-0.1, -0.05) is 0 Å². The smallest absolute Gasteiger partial charge is 0.259 e.